The topological polar surface area (TPSA) is 94.1 Å². The Morgan fingerprint density at radius 2 is 1.81 bits per heavy atom. The standard InChI is InChI=1S/C14H11N3O3S/c18-12(10-2-1-7-15-8-10)17-14(21)16-11-5-3-9(4-6-11)13(19)20/h1-8H,(H,19,20)(H2,16,17,18,21)/p-1. The Hall–Kier alpha value is -2.80. The fourth-order valence-corrected chi connectivity index (χ4v) is 1.73. The Bertz CT molecular complexity index is 672. The molecule has 0 bridgehead atoms. The molecule has 1 heterocycles. The van der Waals surface area contributed by atoms with Crippen LogP contribution in [0.25, 0.3) is 0 Å². The Morgan fingerprint density at radius 3 is 2.38 bits per heavy atom. The molecule has 21 heavy (non-hydrogen) atoms. The van der Waals surface area contributed by atoms with Crippen LogP contribution in [0, 0.1) is 0 Å². The van der Waals surface area contributed by atoms with Crippen molar-refractivity contribution in [1.29, 1.82) is 0 Å². The van der Waals surface area contributed by atoms with E-state index in [-0.39, 0.29) is 16.6 Å². The van der Waals surface area contributed by atoms with E-state index in [0.29, 0.717) is 11.3 Å². The number of hydrogen-bond acceptors (Lipinski definition) is 5. The summed E-state index contributed by atoms with van der Waals surface area (Å²) in [5.41, 5.74) is 0.997. The van der Waals surface area contributed by atoms with Crippen LogP contribution >= 0.6 is 12.2 Å². The van der Waals surface area contributed by atoms with Crippen LogP contribution in [0.1, 0.15) is 20.7 Å². The predicted molar refractivity (Wildman–Crippen MR) is 78.7 cm³/mol. The maximum atomic E-state index is 11.8. The van der Waals surface area contributed by atoms with Gasteiger partial charge >= 0.3 is 0 Å². The summed E-state index contributed by atoms with van der Waals surface area (Å²) in [7, 11) is 0. The highest BCUT2D eigenvalue weighted by Crippen LogP contribution is 2.09. The van der Waals surface area contributed by atoms with E-state index in [9.17, 15) is 14.7 Å². The SMILES string of the molecule is O=C([O-])c1ccc(NC(=S)NC(=O)c2cccnc2)cc1. The molecule has 0 saturated carbocycles. The number of nitrogens with zero attached hydrogens (tertiary/aromatic N) is 1. The molecule has 0 aliphatic carbocycles. The van der Waals surface area contributed by atoms with Crippen LogP contribution in [-0.2, 0) is 0 Å². The minimum absolute atomic E-state index is 0.0610. The van der Waals surface area contributed by atoms with E-state index >= 15 is 0 Å². The van der Waals surface area contributed by atoms with E-state index in [1.807, 2.05) is 0 Å². The highest BCUT2D eigenvalue weighted by Gasteiger charge is 2.07. The monoisotopic (exact) mass is 300 g/mol. The first-order valence-corrected chi connectivity index (χ1v) is 6.31. The average Bonchev–Trinajstić information content (AvgIpc) is 2.48. The van der Waals surface area contributed by atoms with E-state index in [1.165, 1.54) is 30.5 Å². The lowest BCUT2D eigenvalue weighted by atomic mass is 10.2. The summed E-state index contributed by atoms with van der Waals surface area (Å²) in [5.74, 6) is -1.64. The van der Waals surface area contributed by atoms with Crippen LogP contribution in [0.5, 0.6) is 0 Å². The second-order valence-electron chi connectivity index (χ2n) is 4.01. The first-order chi connectivity index (χ1) is 10.1. The maximum absolute atomic E-state index is 11.8. The Balaban J connectivity index is 1.95. The van der Waals surface area contributed by atoms with E-state index in [0.717, 1.165) is 0 Å². The third kappa shape index (κ3) is 4.08. The number of thiocarbonyl (C=S) groups is 1. The fraction of sp³-hybridized carbons (Fsp3) is 0. The first-order valence-electron chi connectivity index (χ1n) is 5.90. The summed E-state index contributed by atoms with van der Waals surface area (Å²) in [5, 5.41) is 16.0. The molecule has 7 heteroatoms. The van der Waals surface area contributed by atoms with Gasteiger partial charge in [-0.25, -0.2) is 0 Å². The van der Waals surface area contributed by atoms with Gasteiger partial charge in [0, 0.05) is 18.1 Å². The second kappa shape index (κ2) is 6.58. The summed E-state index contributed by atoms with van der Waals surface area (Å²) in [6.07, 6.45) is 2.98. The lowest BCUT2D eigenvalue weighted by Crippen LogP contribution is -2.34. The van der Waals surface area contributed by atoms with Crippen molar-refractivity contribution in [3.05, 3.63) is 59.9 Å². The molecule has 2 N–H and O–H groups in total. The van der Waals surface area contributed by atoms with Crippen molar-refractivity contribution in [2.75, 3.05) is 5.32 Å². The molecule has 0 aliphatic heterocycles. The highest BCUT2D eigenvalue weighted by molar-refractivity contribution is 7.80. The van der Waals surface area contributed by atoms with Gasteiger partial charge in [0.15, 0.2) is 5.11 Å². The van der Waals surface area contributed by atoms with Crippen LogP contribution in [-0.4, -0.2) is 22.0 Å². The number of carbonyl (C=O) groups excluding carboxylic acids is 2. The van der Waals surface area contributed by atoms with Gasteiger partial charge in [-0.15, -0.1) is 0 Å². The van der Waals surface area contributed by atoms with Gasteiger partial charge < -0.3 is 15.2 Å². The third-order valence-electron chi connectivity index (χ3n) is 2.53. The molecule has 0 spiro atoms. The van der Waals surface area contributed by atoms with Crippen LogP contribution in [0.2, 0.25) is 0 Å². The average molecular weight is 300 g/mol. The van der Waals surface area contributed by atoms with Gasteiger partial charge in [-0.2, -0.15) is 0 Å². The van der Waals surface area contributed by atoms with Gasteiger partial charge in [-0.05, 0) is 42.0 Å². The smallest absolute Gasteiger partial charge is 0.258 e. The third-order valence-corrected chi connectivity index (χ3v) is 2.73. The number of aromatic carboxylic acids is 1. The highest BCUT2D eigenvalue weighted by atomic mass is 32.1. The number of carboxylic acids is 1. The van der Waals surface area contributed by atoms with E-state index in [4.69, 9.17) is 12.2 Å². The van der Waals surface area contributed by atoms with Crippen molar-refractivity contribution in [3.63, 3.8) is 0 Å². The van der Waals surface area contributed by atoms with E-state index < -0.39 is 5.97 Å². The van der Waals surface area contributed by atoms with Crippen LogP contribution in [0.3, 0.4) is 0 Å². The Kier molecular flexibility index (Phi) is 4.57. The number of nitrogens with one attached hydrogen (secondary N) is 2. The summed E-state index contributed by atoms with van der Waals surface area (Å²) < 4.78 is 0. The predicted octanol–water partition coefficient (Wildman–Crippen LogP) is 0.572. The van der Waals surface area contributed by atoms with Crippen molar-refractivity contribution in [2.45, 2.75) is 0 Å². The molecule has 1 amide bonds. The molecule has 1 aromatic carbocycles. The molecule has 0 fully saturated rings. The summed E-state index contributed by atoms with van der Waals surface area (Å²) in [6, 6.07) is 9.05. The van der Waals surface area contributed by atoms with Crippen molar-refractivity contribution in [1.82, 2.24) is 10.3 Å². The quantitative estimate of drug-likeness (QED) is 0.805. The number of carboxylic acid groups (broad SMARTS) is 1. The molecule has 0 radical (unpaired) electrons. The van der Waals surface area contributed by atoms with Crippen molar-refractivity contribution in [3.8, 4) is 0 Å². The van der Waals surface area contributed by atoms with Gasteiger partial charge in [0.2, 0.25) is 0 Å². The summed E-state index contributed by atoms with van der Waals surface area (Å²) in [6.45, 7) is 0. The zero-order valence-corrected chi connectivity index (χ0v) is 11.5. The largest absolute Gasteiger partial charge is 0.545 e. The maximum Gasteiger partial charge on any atom is 0.258 e. The summed E-state index contributed by atoms with van der Waals surface area (Å²) in [4.78, 5) is 26.3. The molecular formula is C14H10N3O3S-. The van der Waals surface area contributed by atoms with Crippen LogP contribution in [0.15, 0.2) is 48.8 Å². The number of hydrogen-bond donors (Lipinski definition) is 2. The summed E-state index contributed by atoms with van der Waals surface area (Å²) >= 11 is 5.00. The van der Waals surface area contributed by atoms with Gasteiger partial charge in [0.05, 0.1) is 11.5 Å². The molecule has 2 aromatic rings. The number of aromatic nitrogens is 1. The molecular weight excluding hydrogens is 290 g/mol. The van der Waals surface area contributed by atoms with Crippen LogP contribution in [0.4, 0.5) is 5.69 Å². The lowest BCUT2D eigenvalue weighted by molar-refractivity contribution is -0.255. The van der Waals surface area contributed by atoms with Gasteiger partial charge in [0.25, 0.3) is 5.91 Å². The molecule has 1 aromatic heterocycles. The molecule has 106 valence electrons. The van der Waals surface area contributed by atoms with Crippen molar-refractivity contribution >= 4 is 34.9 Å². The van der Waals surface area contributed by atoms with Gasteiger partial charge in [-0.3, -0.25) is 15.1 Å². The fourth-order valence-electron chi connectivity index (χ4n) is 1.52. The number of benzene rings is 1. The minimum atomic E-state index is -1.26. The van der Waals surface area contributed by atoms with Gasteiger partial charge in [-0.1, -0.05) is 12.1 Å². The Morgan fingerprint density at radius 1 is 1.10 bits per heavy atom. The lowest BCUT2D eigenvalue weighted by Gasteiger charge is -2.10. The zero-order chi connectivity index (χ0) is 15.2. The Labute approximate surface area is 125 Å². The molecule has 0 saturated heterocycles. The second-order valence-corrected chi connectivity index (χ2v) is 4.42. The van der Waals surface area contributed by atoms with Crippen molar-refractivity contribution in [2.24, 2.45) is 0 Å². The molecule has 0 unspecified atom stereocenters. The zero-order valence-electron chi connectivity index (χ0n) is 10.7. The number of anilines is 1. The van der Waals surface area contributed by atoms with Crippen LogP contribution < -0.4 is 15.7 Å². The number of rotatable bonds is 3. The molecule has 0 atom stereocenters. The first kappa shape index (κ1) is 14.6. The molecule has 0 aliphatic rings. The number of pyridine rings is 1. The molecule has 6 nitrogen and oxygen atoms in total. The number of amides is 1. The minimum Gasteiger partial charge on any atom is -0.545 e. The van der Waals surface area contributed by atoms with E-state index in [2.05, 4.69) is 15.6 Å². The normalized spacial score (nSPS) is 9.71. The van der Waals surface area contributed by atoms with Gasteiger partial charge in [0.1, 0.15) is 0 Å². The van der Waals surface area contributed by atoms with E-state index in [1.54, 1.807) is 18.3 Å². The molecule has 2 rings (SSSR count). The van der Waals surface area contributed by atoms with Crippen molar-refractivity contribution < 1.29 is 14.7 Å². The number of carbonyl (C=O) groups is 2.